The van der Waals surface area contributed by atoms with E-state index in [1.54, 1.807) is 17.8 Å². The monoisotopic (exact) mass is 399 g/mol. The summed E-state index contributed by atoms with van der Waals surface area (Å²) in [7, 11) is 1.76. The Hall–Kier alpha value is -3.43. The molecule has 4 aromatic rings. The Kier molecular flexibility index (Phi) is 4.48. The van der Waals surface area contributed by atoms with E-state index in [1.807, 2.05) is 20.8 Å². The van der Waals surface area contributed by atoms with Gasteiger partial charge >= 0.3 is 0 Å². The summed E-state index contributed by atoms with van der Waals surface area (Å²) in [5.41, 5.74) is 0.522. The smallest absolute Gasteiger partial charge is 0.236 e. The van der Waals surface area contributed by atoms with Crippen molar-refractivity contribution in [3.05, 3.63) is 53.6 Å². The number of rotatable bonds is 4. The highest BCUT2D eigenvalue weighted by atomic mass is 19.1. The van der Waals surface area contributed by atoms with Crippen LogP contribution in [0, 0.1) is 11.6 Å². The molecule has 0 atom stereocenters. The van der Waals surface area contributed by atoms with Crippen LogP contribution in [0.3, 0.4) is 0 Å². The van der Waals surface area contributed by atoms with E-state index in [-0.39, 0.29) is 23.4 Å². The average Bonchev–Trinajstić information content (AvgIpc) is 3.24. The maximum atomic E-state index is 14.3. The second kappa shape index (κ2) is 6.87. The third-order valence-corrected chi connectivity index (χ3v) is 4.50. The van der Waals surface area contributed by atoms with E-state index in [4.69, 9.17) is 4.74 Å². The largest absolute Gasteiger partial charge is 0.468 e. The van der Waals surface area contributed by atoms with Crippen molar-refractivity contribution in [3.8, 4) is 17.3 Å². The van der Waals surface area contributed by atoms with Crippen molar-refractivity contribution in [2.75, 3.05) is 0 Å². The normalized spacial score (nSPS) is 11.9. The number of halogens is 2. The second-order valence-electron chi connectivity index (χ2n) is 7.59. The van der Waals surface area contributed by atoms with E-state index in [1.165, 1.54) is 16.9 Å². The fraction of sp³-hybridized carbons (Fsp3) is 0.316. The third kappa shape index (κ3) is 3.41. The Morgan fingerprint density at radius 3 is 2.45 bits per heavy atom. The van der Waals surface area contributed by atoms with E-state index in [0.717, 1.165) is 17.7 Å². The highest BCUT2D eigenvalue weighted by Crippen LogP contribution is 2.32. The lowest BCUT2D eigenvalue weighted by Crippen LogP contribution is -2.17. The molecule has 0 bridgehead atoms. The van der Waals surface area contributed by atoms with Crippen LogP contribution in [0.4, 0.5) is 8.78 Å². The molecule has 10 heteroatoms. The van der Waals surface area contributed by atoms with Crippen molar-refractivity contribution in [2.24, 2.45) is 7.05 Å². The van der Waals surface area contributed by atoms with Gasteiger partial charge in [-0.05, 0) is 23.6 Å². The summed E-state index contributed by atoms with van der Waals surface area (Å²) in [5.74, 6) is -0.633. The van der Waals surface area contributed by atoms with Gasteiger partial charge in [0, 0.05) is 12.6 Å². The van der Waals surface area contributed by atoms with E-state index >= 15 is 0 Å². The molecule has 0 aliphatic carbocycles. The van der Waals surface area contributed by atoms with Crippen molar-refractivity contribution < 1.29 is 13.5 Å². The summed E-state index contributed by atoms with van der Waals surface area (Å²) >= 11 is 0. The molecule has 3 heterocycles. The molecule has 8 nitrogen and oxygen atoms in total. The van der Waals surface area contributed by atoms with Gasteiger partial charge in [-0.25, -0.2) is 13.8 Å². The van der Waals surface area contributed by atoms with Gasteiger partial charge in [-0.1, -0.05) is 26.8 Å². The van der Waals surface area contributed by atoms with Crippen LogP contribution >= 0.6 is 0 Å². The maximum absolute atomic E-state index is 14.3. The predicted octanol–water partition coefficient (Wildman–Crippen LogP) is 3.07. The molecule has 29 heavy (non-hydrogen) atoms. The van der Waals surface area contributed by atoms with Gasteiger partial charge in [-0.3, -0.25) is 4.68 Å². The highest BCUT2D eigenvalue weighted by Gasteiger charge is 2.25. The summed E-state index contributed by atoms with van der Waals surface area (Å²) in [6.45, 7) is 6.14. The van der Waals surface area contributed by atoms with Gasteiger partial charge in [0.05, 0.1) is 5.56 Å². The number of hydrogen-bond acceptors (Lipinski definition) is 6. The van der Waals surface area contributed by atoms with Crippen molar-refractivity contribution in [1.29, 1.82) is 0 Å². The molecular weight excluding hydrogens is 380 g/mol. The predicted molar refractivity (Wildman–Crippen MR) is 100 cm³/mol. The zero-order chi connectivity index (χ0) is 20.8. The molecule has 0 amide bonds. The maximum Gasteiger partial charge on any atom is 0.236 e. The van der Waals surface area contributed by atoms with Crippen molar-refractivity contribution in [3.63, 3.8) is 0 Å². The van der Waals surface area contributed by atoms with Gasteiger partial charge in [0.1, 0.15) is 24.6 Å². The minimum Gasteiger partial charge on any atom is -0.468 e. The first-order valence-corrected chi connectivity index (χ1v) is 8.92. The van der Waals surface area contributed by atoms with Gasteiger partial charge < -0.3 is 4.74 Å². The van der Waals surface area contributed by atoms with Gasteiger partial charge in [0.2, 0.25) is 5.88 Å². The van der Waals surface area contributed by atoms with Gasteiger partial charge in [0.15, 0.2) is 17.3 Å². The molecule has 0 N–H and O–H groups in total. The van der Waals surface area contributed by atoms with Crippen LogP contribution in [0.25, 0.3) is 17.0 Å². The van der Waals surface area contributed by atoms with Gasteiger partial charge in [-0.2, -0.15) is 9.61 Å². The zero-order valence-corrected chi connectivity index (χ0v) is 16.4. The number of ether oxygens (including phenoxy) is 1. The second-order valence-corrected chi connectivity index (χ2v) is 7.59. The molecule has 0 aliphatic heterocycles. The van der Waals surface area contributed by atoms with Gasteiger partial charge in [0.25, 0.3) is 0 Å². The Morgan fingerprint density at radius 1 is 1.10 bits per heavy atom. The molecule has 0 saturated heterocycles. The number of nitrogens with zero attached hydrogens (tertiary/aromatic N) is 7. The molecule has 0 spiro atoms. The minimum absolute atomic E-state index is 0.0421. The molecule has 0 saturated carbocycles. The molecule has 150 valence electrons. The number of aryl methyl sites for hydroxylation is 1. The lowest BCUT2D eigenvalue weighted by atomic mass is 9.88. The first-order valence-electron chi connectivity index (χ1n) is 8.92. The Balaban J connectivity index is 1.85. The molecule has 0 aliphatic rings. The molecule has 4 rings (SSSR count). The fourth-order valence-electron chi connectivity index (χ4n) is 2.91. The van der Waals surface area contributed by atoms with Crippen LogP contribution in [0.5, 0.6) is 5.88 Å². The molecule has 0 unspecified atom stereocenters. The SMILES string of the molecule is Cn1ncnc1COc1nn2c(-c3c(F)cccc3F)nnc2cc1C(C)(C)C. The first kappa shape index (κ1) is 18.9. The van der Waals surface area contributed by atoms with E-state index < -0.39 is 11.6 Å². The summed E-state index contributed by atoms with van der Waals surface area (Å²) < 4.78 is 37.4. The topological polar surface area (TPSA) is 83.0 Å². The Bertz CT molecular complexity index is 1170. The quantitative estimate of drug-likeness (QED) is 0.525. The van der Waals surface area contributed by atoms with Crippen molar-refractivity contribution in [1.82, 2.24) is 34.6 Å². The lowest BCUT2D eigenvalue weighted by Gasteiger charge is -2.21. The van der Waals surface area contributed by atoms with Crippen LogP contribution in [0.15, 0.2) is 30.6 Å². The van der Waals surface area contributed by atoms with Crippen LogP contribution < -0.4 is 4.74 Å². The summed E-state index contributed by atoms with van der Waals surface area (Å²) in [5, 5.41) is 16.5. The number of aromatic nitrogens is 7. The highest BCUT2D eigenvalue weighted by molar-refractivity contribution is 5.61. The van der Waals surface area contributed by atoms with E-state index in [2.05, 4.69) is 25.4 Å². The van der Waals surface area contributed by atoms with Crippen LogP contribution in [-0.2, 0) is 19.1 Å². The standard InChI is InChI=1S/C19H19F2N7O/c1-19(2,3)11-8-14-24-25-17(16-12(20)6-5-7-13(16)21)28(14)26-18(11)29-9-15-22-10-23-27(15)4/h5-8,10H,9H2,1-4H3. The zero-order valence-electron chi connectivity index (χ0n) is 16.4. The Labute approximate surface area is 165 Å². The molecular formula is C19H19F2N7O. The number of fused-ring (bicyclic) bond motifs is 1. The molecule has 1 aromatic carbocycles. The average molecular weight is 399 g/mol. The third-order valence-electron chi connectivity index (χ3n) is 4.50. The lowest BCUT2D eigenvalue weighted by molar-refractivity contribution is 0.266. The summed E-state index contributed by atoms with van der Waals surface area (Å²) in [6, 6.07) is 5.37. The van der Waals surface area contributed by atoms with Crippen LogP contribution in [-0.4, -0.2) is 34.6 Å². The summed E-state index contributed by atoms with van der Waals surface area (Å²) in [4.78, 5) is 4.13. The van der Waals surface area contributed by atoms with Crippen molar-refractivity contribution >= 4 is 5.65 Å². The molecule has 0 fully saturated rings. The Morgan fingerprint density at radius 2 is 1.83 bits per heavy atom. The van der Waals surface area contributed by atoms with Crippen LogP contribution in [0.1, 0.15) is 32.2 Å². The molecule has 3 aromatic heterocycles. The van der Waals surface area contributed by atoms with E-state index in [9.17, 15) is 8.78 Å². The van der Waals surface area contributed by atoms with E-state index in [0.29, 0.717) is 17.4 Å². The number of hydrogen-bond donors (Lipinski definition) is 0. The summed E-state index contributed by atoms with van der Waals surface area (Å²) in [6.07, 6.45) is 1.43. The molecule has 0 radical (unpaired) electrons. The van der Waals surface area contributed by atoms with Crippen molar-refractivity contribution in [2.45, 2.75) is 32.8 Å². The minimum atomic E-state index is -0.748. The van der Waals surface area contributed by atoms with Gasteiger partial charge in [-0.15, -0.1) is 15.3 Å². The first-order chi connectivity index (χ1) is 13.8. The van der Waals surface area contributed by atoms with Crippen LogP contribution in [0.2, 0.25) is 0 Å². The number of benzene rings is 1. The fourth-order valence-corrected chi connectivity index (χ4v) is 2.91.